The highest BCUT2D eigenvalue weighted by atomic mass is 16.5. The first kappa shape index (κ1) is 14.3. The summed E-state index contributed by atoms with van der Waals surface area (Å²) in [5.74, 6) is -0.257. The molecule has 104 valence electrons. The van der Waals surface area contributed by atoms with E-state index in [1.54, 1.807) is 6.92 Å². The molecule has 2 aromatic carbocycles. The predicted octanol–water partition coefficient (Wildman–Crippen LogP) is 3.31. The maximum atomic E-state index is 11.4. The average molecular weight is 269 g/mol. The number of rotatable bonds is 5. The molecule has 0 aliphatic carbocycles. The van der Waals surface area contributed by atoms with Crippen molar-refractivity contribution in [2.24, 2.45) is 5.73 Å². The fourth-order valence-electron chi connectivity index (χ4n) is 2.07. The van der Waals surface area contributed by atoms with Crippen molar-refractivity contribution < 1.29 is 9.53 Å². The van der Waals surface area contributed by atoms with E-state index in [0.717, 1.165) is 16.7 Å². The van der Waals surface area contributed by atoms with Gasteiger partial charge in [-0.15, -0.1) is 0 Å². The summed E-state index contributed by atoms with van der Waals surface area (Å²) in [5, 5.41) is 0. The molecule has 0 saturated carbocycles. The predicted molar refractivity (Wildman–Crippen MR) is 80.1 cm³/mol. The van der Waals surface area contributed by atoms with Crippen molar-refractivity contribution in [3.8, 4) is 11.1 Å². The fourth-order valence-corrected chi connectivity index (χ4v) is 2.07. The van der Waals surface area contributed by atoms with Gasteiger partial charge in [0.05, 0.1) is 13.0 Å². The van der Waals surface area contributed by atoms with Crippen LogP contribution in [-0.2, 0) is 9.53 Å². The topological polar surface area (TPSA) is 52.3 Å². The van der Waals surface area contributed by atoms with Gasteiger partial charge in [0.1, 0.15) is 0 Å². The summed E-state index contributed by atoms with van der Waals surface area (Å²) in [6.45, 7) is 2.18. The van der Waals surface area contributed by atoms with Gasteiger partial charge in [-0.25, -0.2) is 0 Å². The van der Waals surface area contributed by atoms with Crippen molar-refractivity contribution in [1.29, 1.82) is 0 Å². The molecule has 2 rings (SSSR count). The molecule has 0 radical (unpaired) electrons. The van der Waals surface area contributed by atoms with Crippen LogP contribution < -0.4 is 5.73 Å². The van der Waals surface area contributed by atoms with E-state index in [-0.39, 0.29) is 18.4 Å². The van der Waals surface area contributed by atoms with Gasteiger partial charge in [-0.3, -0.25) is 4.79 Å². The van der Waals surface area contributed by atoms with Crippen molar-refractivity contribution in [3.05, 3.63) is 60.2 Å². The number of benzene rings is 2. The molecule has 0 heterocycles. The number of carbonyl (C=O) groups is 1. The molecule has 20 heavy (non-hydrogen) atoms. The van der Waals surface area contributed by atoms with Crippen LogP contribution >= 0.6 is 0 Å². The molecule has 3 heteroatoms. The number of esters is 1. The van der Waals surface area contributed by atoms with Crippen LogP contribution in [0, 0.1) is 0 Å². The van der Waals surface area contributed by atoms with E-state index >= 15 is 0 Å². The normalized spacial score (nSPS) is 11.9. The Morgan fingerprint density at radius 2 is 1.65 bits per heavy atom. The maximum absolute atomic E-state index is 11.4. The number of hydrogen-bond donors (Lipinski definition) is 1. The zero-order valence-corrected chi connectivity index (χ0v) is 11.6. The van der Waals surface area contributed by atoms with E-state index in [0.29, 0.717) is 6.61 Å². The van der Waals surface area contributed by atoms with E-state index in [1.165, 1.54) is 0 Å². The van der Waals surface area contributed by atoms with Gasteiger partial charge in [0, 0.05) is 6.04 Å². The molecule has 3 nitrogen and oxygen atoms in total. The van der Waals surface area contributed by atoms with Gasteiger partial charge in [0.25, 0.3) is 0 Å². The molecule has 0 amide bonds. The molecule has 2 aromatic rings. The van der Waals surface area contributed by atoms with Crippen molar-refractivity contribution in [2.45, 2.75) is 19.4 Å². The maximum Gasteiger partial charge on any atom is 0.307 e. The third kappa shape index (κ3) is 3.68. The Kier molecular flexibility index (Phi) is 4.91. The number of ether oxygens (including phenoxy) is 1. The van der Waals surface area contributed by atoms with Crippen LogP contribution in [0.15, 0.2) is 54.6 Å². The average Bonchev–Trinajstić information content (AvgIpc) is 2.48. The second-order valence-corrected chi connectivity index (χ2v) is 4.60. The third-order valence-corrected chi connectivity index (χ3v) is 3.14. The van der Waals surface area contributed by atoms with Crippen LogP contribution in [-0.4, -0.2) is 12.6 Å². The largest absolute Gasteiger partial charge is 0.466 e. The number of nitrogens with two attached hydrogens (primary N) is 1. The molecule has 0 aliphatic heterocycles. The Labute approximate surface area is 119 Å². The lowest BCUT2D eigenvalue weighted by Crippen LogP contribution is -2.17. The van der Waals surface area contributed by atoms with Crippen LogP contribution in [0.1, 0.15) is 24.9 Å². The van der Waals surface area contributed by atoms with E-state index in [2.05, 4.69) is 12.1 Å². The van der Waals surface area contributed by atoms with Gasteiger partial charge < -0.3 is 10.5 Å². The van der Waals surface area contributed by atoms with Gasteiger partial charge in [0.2, 0.25) is 0 Å². The molecule has 0 aromatic heterocycles. The summed E-state index contributed by atoms with van der Waals surface area (Å²) < 4.78 is 4.91. The summed E-state index contributed by atoms with van der Waals surface area (Å²) in [7, 11) is 0. The molecule has 0 unspecified atom stereocenters. The summed E-state index contributed by atoms with van der Waals surface area (Å²) in [6.07, 6.45) is 0.207. The molecular formula is C17H19NO2. The third-order valence-electron chi connectivity index (χ3n) is 3.14. The molecule has 0 bridgehead atoms. The summed E-state index contributed by atoms with van der Waals surface area (Å²) in [6, 6.07) is 17.8. The quantitative estimate of drug-likeness (QED) is 0.847. The van der Waals surface area contributed by atoms with Crippen LogP contribution in [0.25, 0.3) is 11.1 Å². The molecule has 0 saturated heterocycles. The zero-order valence-electron chi connectivity index (χ0n) is 11.6. The van der Waals surface area contributed by atoms with Crippen LogP contribution in [0.3, 0.4) is 0 Å². The molecule has 0 aliphatic rings. The highest BCUT2D eigenvalue weighted by molar-refractivity contribution is 5.70. The summed E-state index contributed by atoms with van der Waals surface area (Å²) in [4.78, 5) is 11.4. The smallest absolute Gasteiger partial charge is 0.307 e. The summed E-state index contributed by atoms with van der Waals surface area (Å²) in [5.41, 5.74) is 9.26. The SMILES string of the molecule is CCOC(=O)C[C@@H](N)c1ccc(-c2ccccc2)cc1. The highest BCUT2D eigenvalue weighted by Crippen LogP contribution is 2.22. The second-order valence-electron chi connectivity index (χ2n) is 4.60. The Morgan fingerprint density at radius 3 is 2.25 bits per heavy atom. The van der Waals surface area contributed by atoms with Crippen molar-refractivity contribution in [1.82, 2.24) is 0 Å². The van der Waals surface area contributed by atoms with Crippen molar-refractivity contribution in [2.75, 3.05) is 6.61 Å². The minimum absolute atomic E-state index is 0.207. The molecule has 0 fully saturated rings. The van der Waals surface area contributed by atoms with Crippen molar-refractivity contribution >= 4 is 5.97 Å². The standard InChI is InChI=1S/C17H19NO2/c1-2-20-17(19)12-16(18)15-10-8-14(9-11-15)13-6-4-3-5-7-13/h3-11,16H,2,12,18H2,1H3/t16-/m1/s1. The van der Waals surface area contributed by atoms with Crippen LogP contribution in [0.5, 0.6) is 0 Å². The Hall–Kier alpha value is -2.13. The van der Waals surface area contributed by atoms with E-state index in [1.807, 2.05) is 42.5 Å². The lowest BCUT2D eigenvalue weighted by atomic mass is 10.00. The summed E-state index contributed by atoms with van der Waals surface area (Å²) >= 11 is 0. The monoisotopic (exact) mass is 269 g/mol. The number of carbonyl (C=O) groups excluding carboxylic acids is 1. The first-order valence-electron chi connectivity index (χ1n) is 6.77. The van der Waals surface area contributed by atoms with Gasteiger partial charge in [-0.05, 0) is 23.6 Å². The second kappa shape index (κ2) is 6.87. The van der Waals surface area contributed by atoms with Gasteiger partial charge in [-0.1, -0.05) is 54.6 Å². The van der Waals surface area contributed by atoms with Crippen LogP contribution in [0.2, 0.25) is 0 Å². The Morgan fingerprint density at radius 1 is 1.05 bits per heavy atom. The van der Waals surface area contributed by atoms with E-state index in [9.17, 15) is 4.79 Å². The van der Waals surface area contributed by atoms with Crippen LogP contribution in [0.4, 0.5) is 0 Å². The minimum atomic E-state index is -0.320. The fraction of sp³-hybridized carbons (Fsp3) is 0.235. The lowest BCUT2D eigenvalue weighted by molar-refractivity contribution is -0.143. The molecule has 2 N–H and O–H groups in total. The first-order chi connectivity index (χ1) is 9.70. The number of hydrogen-bond acceptors (Lipinski definition) is 3. The van der Waals surface area contributed by atoms with Crippen molar-refractivity contribution in [3.63, 3.8) is 0 Å². The van der Waals surface area contributed by atoms with E-state index < -0.39 is 0 Å². The Balaban J connectivity index is 2.06. The minimum Gasteiger partial charge on any atom is -0.466 e. The Bertz CT molecular complexity index is 549. The van der Waals surface area contributed by atoms with Gasteiger partial charge in [-0.2, -0.15) is 0 Å². The van der Waals surface area contributed by atoms with Gasteiger partial charge >= 0.3 is 5.97 Å². The molecule has 1 atom stereocenters. The lowest BCUT2D eigenvalue weighted by Gasteiger charge is -2.12. The highest BCUT2D eigenvalue weighted by Gasteiger charge is 2.12. The molecular weight excluding hydrogens is 250 g/mol. The molecule has 0 spiro atoms. The van der Waals surface area contributed by atoms with Gasteiger partial charge in [0.15, 0.2) is 0 Å². The first-order valence-corrected chi connectivity index (χ1v) is 6.77. The van der Waals surface area contributed by atoms with E-state index in [4.69, 9.17) is 10.5 Å². The zero-order chi connectivity index (χ0) is 14.4.